The van der Waals surface area contributed by atoms with Crippen molar-refractivity contribution < 1.29 is 14.6 Å². The zero-order chi connectivity index (χ0) is 17.8. The van der Waals surface area contributed by atoms with Gasteiger partial charge in [0.1, 0.15) is 5.75 Å². The van der Waals surface area contributed by atoms with Crippen molar-refractivity contribution in [2.45, 2.75) is 57.5 Å². The molecule has 1 heterocycles. The summed E-state index contributed by atoms with van der Waals surface area (Å²) >= 11 is 0. The molecule has 0 bridgehead atoms. The predicted octanol–water partition coefficient (Wildman–Crippen LogP) is 3.26. The number of benzene rings is 1. The number of likely N-dealkylation sites (tertiary alicyclic amines) is 1. The molecule has 4 rings (SSSR count). The summed E-state index contributed by atoms with van der Waals surface area (Å²) in [4.78, 5) is 14.5. The lowest BCUT2D eigenvalue weighted by Crippen LogP contribution is -2.61. The number of methoxy groups -OCH3 is 1. The predicted molar refractivity (Wildman–Crippen MR) is 96.7 cm³/mol. The summed E-state index contributed by atoms with van der Waals surface area (Å²) in [5.74, 6) is 1.86. The van der Waals surface area contributed by atoms with Gasteiger partial charge in [-0.3, -0.25) is 4.79 Å². The van der Waals surface area contributed by atoms with Crippen LogP contribution in [0.2, 0.25) is 0 Å². The minimum atomic E-state index is -0.619. The lowest BCUT2D eigenvalue weighted by Gasteiger charge is -2.52. The van der Waals surface area contributed by atoms with Crippen LogP contribution in [0.1, 0.15) is 56.1 Å². The summed E-state index contributed by atoms with van der Waals surface area (Å²) in [6.45, 7) is 5.71. The maximum atomic E-state index is 12.5. The Labute approximate surface area is 150 Å². The van der Waals surface area contributed by atoms with Gasteiger partial charge in [-0.25, -0.2) is 0 Å². The third kappa shape index (κ3) is 2.95. The quantitative estimate of drug-likeness (QED) is 0.916. The highest BCUT2D eigenvalue weighted by Crippen LogP contribution is 2.53. The number of ether oxygens (including phenoxy) is 1. The summed E-state index contributed by atoms with van der Waals surface area (Å²) < 4.78 is 5.47. The second kappa shape index (κ2) is 5.73. The van der Waals surface area contributed by atoms with Crippen molar-refractivity contribution in [3.63, 3.8) is 0 Å². The summed E-state index contributed by atoms with van der Waals surface area (Å²) in [5.41, 5.74) is 2.26. The molecule has 25 heavy (non-hydrogen) atoms. The molecular weight excluding hydrogens is 314 g/mol. The number of nitrogens with zero attached hydrogens (tertiary/aromatic N) is 1. The van der Waals surface area contributed by atoms with E-state index >= 15 is 0 Å². The Balaban J connectivity index is 1.35. The second-order valence-electron chi connectivity index (χ2n) is 8.97. The molecule has 4 nitrogen and oxygen atoms in total. The standard InChI is InChI=1S/C21H29NO3/c1-14-4-5-15(8-18(14)25-3)16-6-7-21(11-16)12-22(13-21)19(23)17-9-20(2,24)10-17/h4-5,8,16-17,24H,6-7,9-13H2,1-3H3. The van der Waals surface area contributed by atoms with Crippen LogP contribution >= 0.6 is 0 Å². The number of amides is 1. The first-order chi connectivity index (χ1) is 11.8. The first-order valence-corrected chi connectivity index (χ1v) is 9.47. The van der Waals surface area contributed by atoms with E-state index in [2.05, 4.69) is 25.1 Å². The molecule has 2 aliphatic carbocycles. The van der Waals surface area contributed by atoms with Crippen LogP contribution in [0, 0.1) is 18.3 Å². The molecule has 1 spiro atoms. The monoisotopic (exact) mass is 343 g/mol. The fourth-order valence-corrected chi connectivity index (χ4v) is 5.22. The zero-order valence-electron chi connectivity index (χ0n) is 15.5. The molecule has 2 saturated carbocycles. The van der Waals surface area contributed by atoms with E-state index in [-0.39, 0.29) is 11.8 Å². The molecular formula is C21H29NO3. The van der Waals surface area contributed by atoms with Gasteiger partial charge in [-0.1, -0.05) is 12.1 Å². The van der Waals surface area contributed by atoms with Crippen molar-refractivity contribution in [1.82, 2.24) is 4.90 Å². The Kier molecular flexibility index (Phi) is 3.87. The van der Waals surface area contributed by atoms with E-state index in [1.807, 2.05) is 11.8 Å². The van der Waals surface area contributed by atoms with Gasteiger partial charge >= 0.3 is 0 Å². The molecule has 1 aromatic rings. The van der Waals surface area contributed by atoms with Crippen LogP contribution in [0.3, 0.4) is 0 Å². The molecule has 1 saturated heterocycles. The SMILES string of the molecule is COc1cc(C2CCC3(C2)CN(C(=O)C2CC(C)(O)C2)C3)ccc1C. The van der Waals surface area contributed by atoms with Crippen LogP contribution in [-0.4, -0.2) is 41.7 Å². The minimum Gasteiger partial charge on any atom is -0.496 e. The summed E-state index contributed by atoms with van der Waals surface area (Å²) in [6.07, 6.45) is 4.83. The Bertz CT molecular complexity index is 682. The van der Waals surface area contributed by atoms with Gasteiger partial charge < -0.3 is 14.7 Å². The van der Waals surface area contributed by atoms with Crippen molar-refractivity contribution in [2.24, 2.45) is 11.3 Å². The van der Waals surface area contributed by atoms with E-state index in [1.54, 1.807) is 7.11 Å². The fraction of sp³-hybridized carbons (Fsp3) is 0.667. The van der Waals surface area contributed by atoms with Gasteiger partial charge in [0, 0.05) is 24.4 Å². The molecule has 1 unspecified atom stereocenters. The first kappa shape index (κ1) is 16.9. The molecule has 4 heteroatoms. The number of hydrogen-bond donors (Lipinski definition) is 1. The third-order valence-corrected chi connectivity index (χ3v) is 6.69. The highest BCUT2D eigenvalue weighted by atomic mass is 16.5. The van der Waals surface area contributed by atoms with E-state index in [0.29, 0.717) is 24.2 Å². The van der Waals surface area contributed by atoms with Gasteiger partial charge in [-0.2, -0.15) is 0 Å². The van der Waals surface area contributed by atoms with Crippen LogP contribution in [0.5, 0.6) is 5.75 Å². The molecule has 0 aromatic heterocycles. The average molecular weight is 343 g/mol. The second-order valence-corrected chi connectivity index (χ2v) is 8.97. The molecule has 1 amide bonds. The zero-order valence-corrected chi connectivity index (χ0v) is 15.5. The van der Waals surface area contributed by atoms with E-state index in [9.17, 15) is 9.90 Å². The lowest BCUT2D eigenvalue weighted by atomic mass is 9.69. The van der Waals surface area contributed by atoms with Gasteiger partial charge in [0.05, 0.1) is 12.7 Å². The van der Waals surface area contributed by atoms with Crippen molar-refractivity contribution in [1.29, 1.82) is 0 Å². The number of aryl methyl sites for hydroxylation is 1. The number of hydrogen-bond acceptors (Lipinski definition) is 3. The number of aliphatic hydroxyl groups is 1. The topological polar surface area (TPSA) is 49.8 Å². The molecule has 1 aromatic carbocycles. The van der Waals surface area contributed by atoms with E-state index in [4.69, 9.17) is 4.74 Å². The van der Waals surface area contributed by atoms with Crippen LogP contribution in [0.4, 0.5) is 0 Å². The van der Waals surface area contributed by atoms with E-state index < -0.39 is 5.60 Å². The van der Waals surface area contributed by atoms with Crippen LogP contribution in [-0.2, 0) is 4.79 Å². The van der Waals surface area contributed by atoms with Crippen LogP contribution < -0.4 is 4.74 Å². The molecule has 1 N–H and O–H groups in total. The van der Waals surface area contributed by atoms with Crippen molar-refractivity contribution in [3.05, 3.63) is 29.3 Å². The van der Waals surface area contributed by atoms with Crippen LogP contribution in [0.15, 0.2) is 18.2 Å². The molecule has 3 fully saturated rings. The summed E-state index contributed by atoms with van der Waals surface area (Å²) in [5, 5.41) is 9.85. The number of carbonyl (C=O) groups excluding carboxylic acids is 1. The van der Waals surface area contributed by atoms with E-state index in [0.717, 1.165) is 18.8 Å². The van der Waals surface area contributed by atoms with E-state index in [1.165, 1.54) is 30.4 Å². The Morgan fingerprint density at radius 1 is 1.28 bits per heavy atom. The van der Waals surface area contributed by atoms with Gasteiger partial charge in [0.2, 0.25) is 5.91 Å². The van der Waals surface area contributed by atoms with Gasteiger partial charge in [0.15, 0.2) is 0 Å². The Morgan fingerprint density at radius 3 is 2.64 bits per heavy atom. The minimum absolute atomic E-state index is 0.0471. The Morgan fingerprint density at radius 2 is 2.00 bits per heavy atom. The number of rotatable bonds is 3. The molecule has 3 aliphatic rings. The maximum absolute atomic E-state index is 12.5. The fourth-order valence-electron chi connectivity index (χ4n) is 5.22. The average Bonchev–Trinajstić information content (AvgIpc) is 2.96. The first-order valence-electron chi connectivity index (χ1n) is 9.47. The van der Waals surface area contributed by atoms with Gasteiger partial charge in [0.25, 0.3) is 0 Å². The summed E-state index contributed by atoms with van der Waals surface area (Å²) in [6, 6.07) is 6.58. The summed E-state index contributed by atoms with van der Waals surface area (Å²) in [7, 11) is 1.73. The smallest absolute Gasteiger partial charge is 0.225 e. The highest BCUT2D eigenvalue weighted by molar-refractivity contribution is 5.81. The lowest BCUT2D eigenvalue weighted by molar-refractivity contribution is -0.161. The molecule has 1 atom stereocenters. The maximum Gasteiger partial charge on any atom is 0.225 e. The third-order valence-electron chi connectivity index (χ3n) is 6.69. The largest absolute Gasteiger partial charge is 0.496 e. The van der Waals surface area contributed by atoms with Gasteiger partial charge in [-0.05, 0) is 69.1 Å². The highest BCUT2D eigenvalue weighted by Gasteiger charge is 2.53. The Hall–Kier alpha value is -1.55. The van der Waals surface area contributed by atoms with Crippen molar-refractivity contribution in [3.8, 4) is 5.75 Å². The molecule has 0 radical (unpaired) electrons. The van der Waals surface area contributed by atoms with Crippen LogP contribution in [0.25, 0.3) is 0 Å². The number of carbonyl (C=O) groups is 1. The molecule has 1 aliphatic heterocycles. The molecule has 136 valence electrons. The van der Waals surface area contributed by atoms with Crippen molar-refractivity contribution in [2.75, 3.05) is 20.2 Å². The van der Waals surface area contributed by atoms with Crippen molar-refractivity contribution >= 4 is 5.91 Å². The van der Waals surface area contributed by atoms with Gasteiger partial charge in [-0.15, -0.1) is 0 Å². The normalized spacial score (nSPS) is 33.0.